The summed E-state index contributed by atoms with van der Waals surface area (Å²) in [5.74, 6) is 0. The average Bonchev–Trinajstić information content (AvgIpc) is 2.39. The number of rotatable bonds is 3. The Morgan fingerprint density at radius 1 is 1.18 bits per heavy atom. The van der Waals surface area contributed by atoms with Crippen molar-refractivity contribution < 1.29 is 5.11 Å². The second-order valence-electron chi connectivity index (χ2n) is 4.56. The summed E-state index contributed by atoms with van der Waals surface area (Å²) < 4.78 is 0. The molecule has 1 aromatic carbocycles. The second kappa shape index (κ2) is 5.34. The Hall–Kier alpha value is -1.32. The third kappa shape index (κ3) is 2.87. The zero-order valence-corrected chi connectivity index (χ0v) is 10.3. The second-order valence-corrected chi connectivity index (χ2v) is 4.56. The van der Waals surface area contributed by atoms with E-state index in [0.29, 0.717) is 0 Å². The first-order chi connectivity index (χ1) is 8.20. The fourth-order valence-electron chi connectivity index (χ4n) is 2.08. The van der Waals surface area contributed by atoms with Gasteiger partial charge in [0.15, 0.2) is 0 Å². The Balaban J connectivity index is 2.05. The lowest BCUT2D eigenvalue weighted by molar-refractivity contribution is 0.229. The van der Waals surface area contributed by atoms with E-state index in [1.807, 2.05) is 12.1 Å². The van der Waals surface area contributed by atoms with Gasteiger partial charge in [-0.15, -0.1) is 6.58 Å². The lowest BCUT2D eigenvalue weighted by Crippen LogP contribution is -2.44. The monoisotopic (exact) mass is 232 g/mol. The molecule has 1 atom stereocenters. The van der Waals surface area contributed by atoms with Gasteiger partial charge in [0.2, 0.25) is 0 Å². The fourth-order valence-corrected chi connectivity index (χ4v) is 2.08. The van der Waals surface area contributed by atoms with Crippen LogP contribution in [-0.2, 0) is 0 Å². The van der Waals surface area contributed by atoms with E-state index in [2.05, 4.69) is 35.6 Å². The van der Waals surface area contributed by atoms with Crippen molar-refractivity contribution in [1.29, 1.82) is 0 Å². The number of aliphatic hydroxyl groups is 1. The molecule has 1 unspecified atom stereocenters. The molecule has 0 bridgehead atoms. The molecule has 1 saturated heterocycles. The van der Waals surface area contributed by atoms with Gasteiger partial charge in [-0.1, -0.05) is 18.2 Å². The van der Waals surface area contributed by atoms with Crippen LogP contribution in [0, 0.1) is 0 Å². The van der Waals surface area contributed by atoms with E-state index in [-0.39, 0.29) is 0 Å². The van der Waals surface area contributed by atoms with E-state index in [4.69, 9.17) is 0 Å². The van der Waals surface area contributed by atoms with Gasteiger partial charge in [0.05, 0.1) is 6.10 Å². The molecule has 0 saturated carbocycles. The van der Waals surface area contributed by atoms with Gasteiger partial charge >= 0.3 is 0 Å². The van der Waals surface area contributed by atoms with Gasteiger partial charge in [0.1, 0.15) is 0 Å². The number of benzene rings is 1. The van der Waals surface area contributed by atoms with Crippen LogP contribution >= 0.6 is 0 Å². The maximum absolute atomic E-state index is 9.63. The third-order valence-corrected chi connectivity index (χ3v) is 3.33. The molecule has 0 aromatic heterocycles. The predicted octanol–water partition coefficient (Wildman–Crippen LogP) is 1.66. The maximum atomic E-state index is 9.63. The van der Waals surface area contributed by atoms with Gasteiger partial charge in [-0.3, -0.25) is 0 Å². The highest BCUT2D eigenvalue weighted by Crippen LogP contribution is 2.20. The van der Waals surface area contributed by atoms with E-state index in [1.165, 1.54) is 5.69 Å². The molecular weight excluding hydrogens is 212 g/mol. The molecule has 1 aliphatic heterocycles. The van der Waals surface area contributed by atoms with Crippen molar-refractivity contribution in [3.63, 3.8) is 0 Å². The average molecular weight is 232 g/mol. The van der Waals surface area contributed by atoms with Crippen LogP contribution < -0.4 is 4.90 Å². The van der Waals surface area contributed by atoms with Crippen molar-refractivity contribution in [2.45, 2.75) is 6.10 Å². The number of anilines is 1. The molecule has 0 aliphatic carbocycles. The highest BCUT2D eigenvalue weighted by molar-refractivity contribution is 5.48. The maximum Gasteiger partial charge on any atom is 0.0969 e. The number of nitrogens with zero attached hydrogens (tertiary/aromatic N) is 2. The molecule has 0 amide bonds. The Labute approximate surface area is 103 Å². The highest BCUT2D eigenvalue weighted by atomic mass is 16.3. The lowest BCUT2D eigenvalue weighted by Gasteiger charge is -2.34. The van der Waals surface area contributed by atoms with Crippen LogP contribution in [0.3, 0.4) is 0 Å². The summed E-state index contributed by atoms with van der Waals surface area (Å²) >= 11 is 0. The Morgan fingerprint density at radius 2 is 1.76 bits per heavy atom. The Morgan fingerprint density at radius 3 is 2.29 bits per heavy atom. The third-order valence-electron chi connectivity index (χ3n) is 3.33. The fraction of sp³-hybridized carbons (Fsp3) is 0.429. The molecule has 1 aromatic rings. The molecule has 0 spiro atoms. The van der Waals surface area contributed by atoms with Crippen LogP contribution in [-0.4, -0.2) is 43.2 Å². The SMILES string of the molecule is C=CC(O)c1ccc(N2CCN(C)CC2)cc1. The zero-order chi connectivity index (χ0) is 12.3. The van der Waals surface area contributed by atoms with Crippen molar-refractivity contribution in [3.05, 3.63) is 42.5 Å². The first kappa shape index (κ1) is 12.1. The highest BCUT2D eigenvalue weighted by Gasteiger charge is 2.14. The molecular formula is C14H20N2O. The summed E-state index contributed by atoms with van der Waals surface area (Å²) in [5, 5.41) is 9.63. The van der Waals surface area contributed by atoms with Crippen LogP contribution in [0.1, 0.15) is 11.7 Å². The summed E-state index contributed by atoms with van der Waals surface area (Å²) in [4.78, 5) is 4.72. The number of piperazine rings is 1. The molecule has 1 heterocycles. The van der Waals surface area contributed by atoms with E-state index in [9.17, 15) is 5.11 Å². The van der Waals surface area contributed by atoms with Crippen LogP contribution in [0.2, 0.25) is 0 Å². The summed E-state index contributed by atoms with van der Waals surface area (Å²) in [6.45, 7) is 7.95. The summed E-state index contributed by atoms with van der Waals surface area (Å²) in [6, 6.07) is 8.10. The standard InChI is InChI=1S/C14H20N2O/c1-3-14(17)12-4-6-13(7-5-12)16-10-8-15(2)9-11-16/h3-7,14,17H,1,8-11H2,2H3. The molecule has 1 N–H and O–H groups in total. The first-order valence-electron chi connectivity index (χ1n) is 6.05. The molecule has 92 valence electrons. The molecule has 1 fully saturated rings. The summed E-state index contributed by atoms with van der Waals surface area (Å²) in [6.07, 6.45) is 0.988. The quantitative estimate of drug-likeness (QED) is 0.803. The van der Waals surface area contributed by atoms with E-state index < -0.39 is 6.10 Å². The van der Waals surface area contributed by atoms with Crippen molar-refractivity contribution in [2.75, 3.05) is 38.1 Å². The van der Waals surface area contributed by atoms with E-state index in [0.717, 1.165) is 31.7 Å². The zero-order valence-electron chi connectivity index (χ0n) is 10.3. The van der Waals surface area contributed by atoms with Crippen LogP contribution in [0.4, 0.5) is 5.69 Å². The van der Waals surface area contributed by atoms with Gasteiger partial charge in [0, 0.05) is 31.9 Å². The van der Waals surface area contributed by atoms with Gasteiger partial charge in [-0.2, -0.15) is 0 Å². The molecule has 3 nitrogen and oxygen atoms in total. The number of hydrogen-bond acceptors (Lipinski definition) is 3. The predicted molar refractivity (Wildman–Crippen MR) is 71.3 cm³/mol. The lowest BCUT2D eigenvalue weighted by atomic mass is 10.1. The molecule has 3 heteroatoms. The van der Waals surface area contributed by atoms with Crippen molar-refractivity contribution in [3.8, 4) is 0 Å². The molecule has 17 heavy (non-hydrogen) atoms. The van der Waals surface area contributed by atoms with Gasteiger partial charge in [0.25, 0.3) is 0 Å². The molecule has 2 rings (SSSR count). The molecule has 1 aliphatic rings. The number of aliphatic hydroxyl groups excluding tert-OH is 1. The minimum absolute atomic E-state index is 0.559. The number of likely N-dealkylation sites (N-methyl/N-ethyl adjacent to an activating group) is 1. The van der Waals surface area contributed by atoms with E-state index >= 15 is 0 Å². The Kier molecular flexibility index (Phi) is 3.82. The van der Waals surface area contributed by atoms with Gasteiger partial charge in [-0.25, -0.2) is 0 Å². The van der Waals surface area contributed by atoms with Gasteiger partial charge < -0.3 is 14.9 Å². The van der Waals surface area contributed by atoms with Crippen molar-refractivity contribution in [2.24, 2.45) is 0 Å². The number of hydrogen-bond donors (Lipinski definition) is 1. The minimum Gasteiger partial charge on any atom is -0.384 e. The largest absolute Gasteiger partial charge is 0.384 e. The normalized spacial score (nSPS) is 19.1. The van der Waals surface area contributed by atoms with Crippen LogP contribution in [0.15, 0.2) is 36.9 Å². The van der Waals surface area contributed by atoms with Crippen molar-refractivity contribution in [1.82, 2.24) is 4.90 Å². The van der Waals surface area contributed by atoms with E-state index in [1.54, 1.807) is 6.08 Å². The van der Waals surface area contributed by atoms with Crippen LogP contribution in [0.5, 0.6) is 0 Å². The van der Waals surface area contributed by atoms with Gasteiger partial charge in [-0.05, 0) is 24.7 Å². The first-order valence-corrected chi connectivity index (χ1v) is 6.05. The van der Waals surface area contributed by atoms with Crippen molar-refractivity contribution >= 4 is 5.69 Å². The minimum atomic E-state index is -0.559. The van der Waals surface area contributed by atoms with Crippen LogP contribution in [0.25, 0.3) is 0 Å². The Bertz CT molecular complexity index is 366. The summed E-state index contributed by atoms with van der Waals surface area (Å²) in [7, 11) is 2.15. The smallest absolute Gasteiger partial charge is 0.0969 e. The summed E-state index contributed by atoms with van der Waals surface area (Å²) in [5.41, 5.74) is 2.14. The molecule has 0 radical (unpaired) electrons. The topological polar surface area (TPSA) is 26.7 Å².